The molecule has 0 saturated heterocycles. The molecule has 3 rings (SSSR count). The van der Waals surface area contributed by atoms with Crippen molar-refractivity contribution in [2.24, 2.45) is 0 Å². The van der Waals surface area contributed by atoms with Crippen molar-refractivity contribution < 1.29 is 4.79 Å². The fourth-order valence-electron chi connectivity index (χ4n) is 2.45. The fourth-order valence-corrected chi connectivity index (χ4v) is 2.45. The number of hydrogen-bond acceptors (Lipinski definition) is 3. The van der Waals surface area contributed by atoms with Crippen LogP contribution in [0.25, 0.3) is 11.0 Å². The van der Waals surface area contributed by atoms with Gasteiger partial charge in [0.05, 0.1) is 11.0 Å². The molecule has 0 saturated carbocycles. The van der Waals surface area contributed by atoms with Crippen molar-refractivity contribution >= 4 is 16.9 Å². The topological polar surface area (TPSA) is 75.6 Å². The second-order valence-electron chi connectivity index (χ2n) is 5.09. The molecule has 0 unspecified atom stereocenters. The Morgan fingerprint density at radius 1 is 1.32 bits per heavy atom. The van der Waals surface area contributed by atoms with Crippen LogP contribution < -0.4 is 5.32 Å². The van der Waals surface area contributed by atoms with Gasteiger partial charge < -0.3 is 10.3 Å². The van der Waals surface area contributed by atoms with Crippen molar-refractivity contribution in [2.75, 3.05) is 6.54 Å². The van der Waals surface area contributed by atoms with Gasteiger partial charge in [-0.05, 0) is 31.5 Å². The van der Waals surface area contributed by atoms with Gasteiger partial charge in [-0.25, -0.2) is 4.98 Å². The van der Waals surface area contributed by atoms with Crippen LogP contribution in [0.15, 0.2) is 36.5 Å². The number of imidazole rings is 1. The van der Waals surface area contributed by atoms with E-state index in [2.05, 4.69) is 20.4 Å². The fraction of sp³-hybridized carbons (Fsp3) is 0.312. The molecule has 114 valence electrons. The minimum Gasteiger partial charge on any atom is -0.351 e. The van der Waals surface area contributed by atoms with Crippen LogP contribution in [0.3, 0.4) is 0 Å². The van der Waals surface area contributed by atoms with Crippen LogP contribution in [-0.4, -0.2) is 32.2 Å². The molecule has 1 aromatic carbocycles. The Bertz CT molecular complexity index is 741. The van der Waals surface area contributed by atoms with Gasteiger partial charge in [-0.3, -0.25) is 9.48 Å². The van der Waals surface area contributed by atoms with Crippen LogP contribution in [-0.2, 0) is 13.0 Å². The number of aryl methyl sites for hydroxylation is 2. The summed E-state index contributed by atoms with van der Waals surface area (Å²) in [6, 6.07) is 9.70. The molecule has 0 bridgehead atoms. The van der Waals surface area contributed by atoms with Gasteiger partial charge in [0.15, 0.2) is 0 Å². The van der Waals surface area contributed by atoms with Crippen molar-refractivity contribution in [3.8, 4) is 0 Å². The van der Waals surface area contributed by atoms with E-state index in [-0.39, 0.29) is 5.91 Å². The standard InChI is InChI=1S/C16H19N5O/c1-2-21-14(9-11-18-21)16(22)17-10-5-8-15-19-12-6-3-4-7-13(12)20-15/h3-4,6-7,9,11H,2,5,8,10H2,1H3,(H,17,22)(H,19,20). The Morgan fingerprint density at radius 2 is 2.18 bits per heavy atom. The molecule has 0 atom stereocenters. The highest BCUT2D eigenvalue weighted by Gasteiger charge is 2.10. The van der Waals surface area contributed by atoms with Crippen LogP contribution in [0.4, 0.5) is 0 Å². The number of nitrogens with one attached hydrogen (secondary N) is 2. The number of carbonyl (C=O) groups is 1. The quantitative estimate of drug-likeness (QED) is 0.684. The highest BCUT2D eigenvalue weighted by atomic mass is 16.2. The number of fused-ring (bicyclic) bond motifs is 1. The summed E-state index contributed by atoms with van der Waals surface area (Å²) in [6.45, 7) is 3.27. The number of rotatable bonds is 6. The van der Waals surface area contributed by atoms with E-state index in [1.807, 2.05) is 31.2 Å². The number of benzene rings is 1. The van der Waals surface area contributed by atoms with E-state index in [4.69, 9.17) is 0 Å². The maximum absolute atomic E-state index is 12.0. The van der Waals surface area contributed by atoms with E-state index in [0.29, 0.717) is 18.8 Å². The molecular weight excluding hydrogens is 278 g/mol. The molecule has 2 heterocycles. The number of aromatic nitrogens is 4. The number of aromatic amines is 1. The molecule has 22 heavy (non-hydrogen) atoms. The van der Waals surface area contributed by atoms with Crippen molar-refractivity contribution in [2.45, 2.75) is 26.3 Å². The molecule has 0 aliphatic heterocycles. The Morgan fingerprint density at radius 3 is 3.00 bits per heavy atom. The lowest BCUT2D eigenvalue weighted by molar-refractivity contribution is 0.0942. The van der Waals surface area contributed by atoms with Gasteiger partial charge in [0.2, 0.25) is 0 Å². The van der Waals surface area contributed by atoms with Gasteiger partial charge in [-0.1, -0.05) is 12.1 Å². The molecule has 3 aromatic rings. The van der Waals surface area contributed by atoms with E-state index in [1.165, 1.54) is 0 Å². The second kappa shape index (κ2) is 6.43. The van der Waals surface area contributed by atoms with Gasteiger partial charge in [0.25, 0.3) is 5.91 Å². The highest BCUT2D eigenvalue weighted by molar-refractivity contribution is 5.92. The van der Waals surface area contributed by atoms with E-state index in [9.17, 15) is 4.79 Å². The molecule has 6 heteroatoms. The van der Waals surface area contributed by atoms with Crippen molar-refractivity contribution in [3.63, 3.8) is 0 Å². The highest BCUT2D eigenvalue weighted by Crippen LogP contribution is 2.11. The van der Waals surface area contributed by atoms with Crippen LogP contribution in [0.2, 0.25) is 0 Å². The Labute approximate surface area is 128 Å². The Hall–Kier alpha value is -2.63. The average Bonchev–Trinajstić information content (AvgIpc) is 3.16. The largest absolute Gasteiger partial charge is 0.351 e. The Balaban J connectivity index is 1.50. The average molecular weight is 297 g/mol. The molecule has 0 aliphatic carbocycles. The molecular formula is C16H19N5O. The van der Waals surface area contributed by atoms with Crippen molar-refractivity contribution in [1.29, 1.82) is 0 Å². The summed E-state index contributed by atoms with van der Waals surface area (Å²) in [5.74, 6) is 0.873. The zero-order valence-corrected chi connectivity index (χ0v) is 12.5. The predicted molar refractivity (Wildman–Crippen MR) is 84.6 cm³/mol. The summed E-state index contributed by atoms with van der Waals surface area (Å²) < 4.78 is 1.69. The number of nitrogens with zero attached hydrogens (tertiary/aromatic N) is 3. The molecule has 0 fully saturated rings. The molecule has 1 amide bonds. The van der Waals surface area contributed by atoms with Gasteiger partial charge in [0.1, 0.15) is 11.5 Å². The number of carbonyl (C=O) groups excluding carboxylic acids is 1. The lowest BCUT2D eigenvalue weighted by atomic mass is 10.3. The maximum atomic E-state index is 12.0. The van der Waals surface area contributed by atoms with E-state index in [1.54, 1.807) is 16.9 Å². The maximum Gasteiger partial charge on any atom is 0.269 e. The SMILES string of the molecule is CCn1nccc1C(=O)NCCCc1nc2ccccc2[nH]1. The molecule has 0 spiro atoms. The lowest BCUT2D eigenvalue weighted by Crippen LogP contribution is -2.27. The van der Waals surface area contributed by atoms with Gasteiger partial charge in [-0.15, -0.1) is 0 Å². The van der Waals surface area contributed by atoms with Gasteiger partial charge in [-0.2, -0.15) is 5.10 Å². The third kappa shape index (κ3) is 3.00. The van der Waals surface area contributed by atoms with Crippen molar-refractivity contribution in [3.05, 3.63) is 48.0 Å². The first-order valence-corrected chi connectivity index (χ1v) is 7.51. The first-order chi connectivity index (χ1) is 10.8. The zero-order chi connectivity index (χ0) is 15.4. The third-order valence-electron chi connectivity index (χ3n) is 3.56. The van der Waals surface area contributed by atoms with E-state index in [0.717, 1.165) is 29.7 Å². The van der Waals surface area contributed by atoms with Crippen LogP contribution >= 0.6 is 0 Å². The first kappa shape index (κ1) is 14.3. The minimum atomic E-state index is -0.0797. The lowest BCUT2D eigenvalue weighted by Gasteiger charge is -2.06. The van der Waals surface area contributed by atoms with Crippen LogP contribution in [0, 0.1) is 0 Å². The predicted octanol–water partition coefficient (Wildman–Crippen LogP) is 2.14. The normalized spacial score (nSPS) is 11.0. The molecule has 0 radical (unpaired) electrons. The van der Waals surface area contributed by atoms with E-state index >= 15 is 0 Å². The van der Waals surface area contributed by atoms with Crippen LogP contribution in [0.5, 0.6) is 0 Å². The summed E-state index contributed by atoms with van der Waals surface area (Å²) in [6.07, 6.45) is 3.29. The summed E-state index contributed by atoms with van der Waals surface area (Å²) in [4.78, 5) is 19.9. The van der Waals surface area contributed by atoms with Crippen LogP contribution in [0.1, 0.15) is 29.7 Å². The summed E-state index contributed by atoms with van der Waals surface area (Å²) in [7, 11) is 0. The number of H-pyrrole nitrogens is 1. The molecule has 0 aliphatic rings. The van der Waals surface area contributed by atoms with Gasteiger partial charge in [0, 0.05) is 25.7 Å². The smallest absolute Gasteiger partial charge is 0.269 e. The molecule has 2 aromatic heterocycles. The summed E-state index contributed by atoms with van der Waals surface area (Å²) >= 11 is 0. The van der Waals surface area contributed by atoms with Gasteiger partial charge >= 0.3 is 0 Å². The second-order valence-corrected chi connectivity index (χ2v) is 5.09. The number of amides is 1. The molecule has 6 nitrogen and oxygen atoms in total. The minimum absolute atomic E-state index is 0.0797. The molecule has 2 N–H and O–H groups in total. The van der Waals surface area contributed by atoms with Crippen molar-refractivity contribution in [1.82, 2.24) is 25.1 Å². The van der Waals surface area contributed by atoms with E-state index < -0.39 is 0 Å². The summed E-state index contributed by atoms with van der Waals surface area (Å²) in [5.41, 5.74) is 2.63. The first-order valence-electron chi connectivity index (χ1n) is 7.51. The number of hydrogen-bond donors (Lipinski definition) is 2. The third-order valence-corrected chi connectivity index (χ3v) is 3.56. The monoisotopic (exact) mass is 297 g/mol. The number of para-hydroxylation sites is 2. The zero-order valence-electron chi connectivity index (χ0n) is 12.5. The summed E-state index contributed by atoms with van der Waals surface area (Å²) in [5, 5.41) is 7.02. The Kier molecular flexibility index (Phi) is 4.18.